The van der Waals surface area contributed by atoms with Gasteiger partial charge in [0.05, 0.1) is 0 Å². The molecule has 0 spiro atoms. The van der Waals surface area contributed by atoms with Crippen LogP contribution in [-0.2, 0) is 16.0 Å². The van der Waals surface area contributed by atoms with E-state index in [2.05, 4.69) is 21.2 Å². The standard InChI is InChI=1S/C12H13BrClNO3/c13-9-1-3-11(14)8(5-9)6-10(15-7-16)2-4-12(17)18/h1,3,5,7,10H,2,4,6H2,(H,15,16)(H,17,18). The van der Waals surface area contributed by atoms with Gasteiger partial charge >= 0.3 is 5.97 Å². The molecule has 1 amide bonds. The molecule has 6 heteroatoms. The summed E-state index contributed by atoms with van der Waals surface area (Å²) in [5.41, 5.74) is 0.871. The second-order valence-corrected chi connectivity index (χ2v) is 5.18. The fourth-order valence-electron chi connectivity index (χ4n) is 1.60. The molecule has 0 aliphatic rings. The van der Waals surface area contributed by atoms with E-state index in [4.69, 9.17) is 16.7 Å². The summed E-state index contributed by atoms with van der Waals surface area (Å²) in [6.07, 6.45) is 1.47. The quantitative estimate of drug-likeness (QED) is 0.753. The van der Waals surface area contributed by atoms with Gasteiger partial charge in [0.2, 0.25) is 6.41 Å². The molecule has 4 nitrogen and oxygen atoms in total. The first-order chi connectivity index (χ1) is 8.52. The van der Waals surface area contributed by atoms with Gasteiger partial charge in [0.1, 0.15) is 0 Å². The number of carbonyl (C=O) groups is 2. The zero-order valence-corrected chi connectivity index (χ0v) is 11.9. The third-order valence-corrected chi connectivity index (χ3v) is 3.35. The van der Waals surface area contributed by atoms with Gasteiger partial charge in [0.25, 0.3) is 0 Å². The molecule has 1 atom stereocenters. The highest BCUT2D eigenvalue weighted by Gasteiger charge is 2.13. The summed E-state index contributed by atoms with van der Waals surface area (Å²) in [4.78, 5) is 21.0. The van der Waals surface area contributed by atoms with E-state index in [1.807, 2.05) is 12.1 Å². The fraction of sp³-hybridized carbons (Fsp3) is 0.333. The summed E-state index contributed by atoms with van der Waals surface area (Å²) in [5.74, 6) is -0.881. The summed E-state index contributed by atoms with van der Waals surface area (Å²) in [5, 5.41) is 11.9. The van der Waals surface area contributed by atoms with Crippen molar-refractivity contribution >= 4 is 39.9 Å². The van der Waals surface area contributed by atoms with Crippen LogP contribution in [0, 0.1) is 0 Å². The lowest BCUT2D eigenvalue weighted by Gasteiger charge is -2.16. The lowest BCUT2D eigenvalue weighted by Crippen LogP contribution is -2.30. The summed E-state index contributed by atoms with van der Waals surface area (Å²) in [7, 11) is 0. The van der Waals surface area contributed by atoms with E-state index >= 15 is 0 Å². The second-order valence-electron chi connectivity index (χ2n) is 3.85. The average Bonchev–Trinajstić information content (AvgIpc) is 2.31. The molecule has 0 radical (unpaired) electrons. The monoisotopic (exact) mass is 333 g/mol. The first kappa shape index (κ1) is 15.0. The van der Waals surface area contributed by atoms with Gasteiger partial charge in [-0.05, 0) is 36.6 Å². The minimum absolute atomic E-state index is 0.0110. The van der Waals surface area contributed by atoms with Gasteiger partial charge in [0.15, 0.2) is 0 Å². The van der Waals surface area contributed by atoms with Gasteiger partial charge in [-0.1, -0.05) is 27.5 Å². The molecular formula is C12H13BrClNO3. The highest BCUT2D eigenvalue weighted by molar-refractivity contribution is 9.10. The van der Waals surface area contributed by atoms with E-state index in [0.29, 0.717) is 24.3 Å². The third-order valence-electron chi connectivity index (χ3n) is 2.48. The molecule has 18 heavy (non-hydrogen) atoms. The number of nitrogens with one attached hydrogen (secondary N) is 1. The maximum Gasteiger partial charge on any atom is 0.303 e. The molecule has 0 heterocycles. The van der Waals surface area contributed by atoms with Crippen molar-refractivity contribution in [2.24, 2.45) is 0 Å². The molecule has 1 rings (SSSR count). The SMILES string of the molecule is O=CNC(CCC(=O)O)Cc1cc(Br)ccc1Cl. The average molecular weight is 335 g/mol. The van der Waals surface area contributed by atoms with Crippen molar-refractivity contribution < 1.29 is 14.7 Å². The van der Waals surface area contributed by atoms with Crippen molar-refractivity contribution in [1.29, 1.82) is 0 Å². The predicted octanol–water partition coefficient (Wildman–Crippen LogP) is 2.62. The van der Waals surface area contributed by atoms with Crippen LogP contribution in [0.3, 0.4) is 0 Å². The molecule has 0 aliphatic heterocycles. The zero-order valence-electron chi connectivity index (χ0n) is 9.53. The van der Waals surface area contributed by atoms with E-state index < -0.39 is 5.97 Å². The molecule has 1 aromatic carbocycles. The number of hydrogen-bond acceptors (Lipinski definition) is 2. The number of aliphatic carboxylic acids is 1. The molecule has 1 unspecified atom stereocenters. The van der Waals surface area contributed by atoms with Gasteiger partial charge < -0.3 is 10.4 Å². The van der Waals surface area contributed by atoms with Crippen LogP contribution in [0.2, 0.25) is 5.02 Å². The molecule has 0 fully saturated rings. The summed E-state index contributed by atoms with van der Waals surface area (Å²) in [6.45, 7) is 0. The van der Waals surface area contributed by atoms with Crippen molar-refractivity contribution in [2.75, 3.05) is 0 Å². The van der Waals surface area contributed by atoms with Crippen LogP contribution >= 0.6 is 27.5 Å². The molecule has 0 bridgehead atoms. The summed E-state index contributed by atoms with van der Waals surface area (Å²) < 4.78 is 0.894. The minimum Gasteiger partial charge on any atom is -0.481 e. The minimum atomic E-state index is -0.881. The van der Waals surface area contributed by atoms with Gasteiger partial charge in [-0.15, -0.1) is 0 Å². The van der Waals surface area contributed by atoms with Crippen molar-refractivity contribution in [3.05, 3.63) is 33.3 Å². The Kier molecular flexibility index (Phi) is 6.15. The highest BCUT2D eigenvalue weighted by Crippen LogP contribution is 2.23. The summed E-state index contributed by atoms with van der Waals surface area (Å²) >= 11 is 9.39. The Morgan fingerprint density at radius 1 is 1.56 bits per heavy atom. The molecular weight excluding hydrogens is 321 g/mol. The maximum absolute atomic E-state index is 10.5. The number of carboxylic acids is 1. The van der Waals surface area contributed by atoms with E-state index in [-0.39, 0.29) is 12.5 Å². The van der Waals surface area contributed by atoms with Crippen LogP contribution in [0.15, 0.2) is 22.7 Å². The van der Waals surface area contributed by atoms with Crippen molar-refractivity contribution in [1.82, 2.24) is 5.32 Å². The Bertz CT molecular complexity index is 439. The first-order valence-corrected chi connectivity index (χ1v) is 6.55. The fourth-order valence-corrected chi connectivity index (χ4v) is 2.21. The number of benzene rings is 1. The van der Waals surface area contributed by atoms with Crippen molar-refractivity contribution in [3.8, 4) is 0 Å². The van der Waals surface area contributed by atoms with E-state index in [1.54, 1.807) is 6.07 Å². The first-order valence-electron chi connectivity index (χ1n) is 5.38. The number of rotatable bonds is 7. The zero-order chi connectivity index (χ0) is 13.5. The smallest absolute Gasteiger partial charge is 0.303 e. The Morgan fingerprint density at radius 3 is 2.89 bits per heavy atom. The van der Waals surface area contributed by atoms with Gasteiger partial charge in [-0.25, -0.2) is 0 Å². The number of hydrogen-bond donors (Lipinski definition) is 2. The molecule has 0 saturated heterocycles. The van der Waals surface area contributed by atoms with E-state index in [9.17, 15) is 9.59 Å². The highest BCUT2D eigenvalue weighted by atomic mass is 79.9. The summed E-state index contributed by atoms with van der Waals surface area (Å²) in [6, 6.07) is 5.22. The topological polar surface area (TPSA) is 66.4 Å². The van der Waals surface area contributed by atoms with Crippen LogP contribution < -0.4 is 5.32 Å². The predicted molar refractivity (Wildman–Crippen MR) is 72.7 cm³/mol. The van der Waals surface area contributed by atoms with Crippen LogP contribution in [0.5, 0.6) is 0 Å². The van der Waals surface area contributed by atoms with E-state index in [0.717, 1.165) is 10.0 Å². The maximum atomic E-state index is 10.5. The Labute approximate surface area is 118 Å². The van der Waals surface area contributed by atoms with Gasteiger partial charge in [-0.3, -0.25) is 9.59 Å². The normalized spacial score (nSPS) is 11.9. The molecule has 0 aliphatic carbocycles. The van der Waals surface area contributed by atoms with Crippen LogP contribution in [0.1, 0.15) is 18.4 Å². The number of halogens is 2. The van der Waals surface area contributed by atoms with E-state index in [1.165, 1.54) is 0 Å². The molecule has 0 aromatic heterocycles. The molecule has 2 N–H and O–H groups in total. The van der Waals surface area contributed by atoms with Crippen molar-refractivity contribution in [2.45, 2.75) is 25.3 Å². The Balaban J connectivity index is 2.72. The molecule has 0 saturated carbocycles. The largest absolute Gasteiger partial charge is 0.481 e. The molecule has 1 aromatic rings. The second kappa shape index (κ2) is 7.38. The number of carbonyl (C=O) groups excluding carboxylic acids is 1. The third kappa shape index (κ3) is 5.06. The Hall–Kier alpha value is -1.07. The van der Waals surface area contributed by atoms with Crippen LogP contribution in [0.25, 0.3) is 0 Å². The Morgan fingerprint density at radius 2 is 2.28 bits per heavy atom. The lowest BCUT2D eigenvalue weighted by atomic mass is 10.0. The number of carboxylic acid groups (broad SMARTS) is 1. The van der Waals surface area contributed by atoms with Crippen LogP contribution in [-0.4, -0.2) is 23.5 Å². The number of amides is 1. The molecule has 98 valence electrons. The van der Waals surface area contributed by atoms with Gasteiger partial charge in [0, 0.05) is 22.0 Å². The lowest BCUT2D eigenvalue weighted by molar-refractivity contribution is -0.137. The van der Waals surface area contributed by atoms with Crippen molar-refractivity contribution in [3.63, 3.8) is 0 Å². The van der Waals surface area contributed by atoms with Gasteiger partial charge in [-0.2, -0.15) is 0 Å². The van der Waals surface area contributed by atoms with Crippen LogP contribution in [0.4, 0.5) is 0 Å².